The molecule has 13 heteroatoms. The fourth-order valence-electron chi connectivity index (χ4n) is 6.96. The Morgan fingerprint density at radius 2 is 1.94 bits per heavy atom. The van der Waals surface area contributed by atoms with Gasteiger partial charge in [0, 0.05) is 75.4 Å². The topological polar surface area (TPSA) is 134 Å². The van der Waals surface area contributed by atoms with Crippen molar-refractivity contribution >= 4 is 29.1 Å². The zero-order valence-corrected chi connectivity index (χ0v) is 28.9. The van der Waals surface area contributed by atoms with E-state index in [4.69, 9.17) is 14.9 Å². The Morgan fingerprint density at radius 1 is 1.18 bits per heavy atom. The van der Waals surface area contributed by atoms with Gasteiger partial charge in [-0.3, -0.25) is 24.7 Å². The second-order valence-electron chi connectivity index (χ2n) is 14.0. The number of carbonyl (C=O) groups is 2. The predicted molar refractivity (Wildman–Crippen MR) is 186 cm³/mol. The van der Waals surface area contributed by atoms with Crippen LogP contribution in [0.2, 0.25) is 0 Å². The first-order valence-corrected chi connectivity index (χ1v) is 16.5. The van der Waals surface area contributed by atoms with Crippen molar-refractivity contribution in [1.82, 2.24) is 19.4 Å². The number of carbonyl (C=O) groups excluding carboxylic acids is 2. The molecule has 1 amide bonds. The zero-order chi connectivity index (χ0) is 35.2. The van der Waals surface area contributed by atoms with E-state index in [9.17, 15) is 14.4 Å². The molecule has 0 atom stereocenters. The molecule has 1 saturated heterocycles. The Balaban J connectivity index is 1.35. The van der Waals surface area contributed by atoms with E-state index in [1.165, 1.54) is 34.9 Å². The monoisotopic (exact) mass is 673 g/mol. The number of nitrogens with one attached hydrogen (secondary N) is 3. The Hall–Kier alpha value is -4.75. The number of halogens is 1. The van der Waals surface area contributed by atoms with Crippen molar-refractivity contribution in [3.05, 3.63) is 80.9 Å². The molecule has 0 saturated carbocycles. The number of hydrogen-bond acceptors (Lipinski definition) is 8. The lowest BCUT2D eigenvalue weighted by Crippen LogP contribution is -2.48. The molecule has 260 valence electrons. The summed E-state index contributed by atoms with van der Waals surface area (Å²) in [5.41, 5.74) is 5.05. The van der Waals surface area contributed by atoms with Gasteiger partial charge < -0.3 is 34.1 Å². The van der Waals surface area contributed by atoms with Gasteiger partial charge in [-0.2, -0.15) is 0 Å². The van der Waals surface area contributed by atoms with Crippen LogP contribution in [0.4, 0.5) is 15.8 Å². The number of esters is 1. The molecule has 12 nitrogen and oxygen atoms in total. The van der Waals surface area contributed by atoms with Crippen LogP contribution >= 0.6 is 0 Å². The van der Waals surface area contributed by atoms with E-state index in [0.29, 0.717) is 67.0 Å². The number of hydrogen-bond donors (Lipinski definition) is 3. The van der Waals surface area contributed by atoms with Gasteiger partial charge in [-0.05, 0) is 60.7 Å². The van der Waals surface area contributed by atoms with Crippen molar-refractivity contribution in [2.24, 2.45) is 12.5 Å². The van der Waals surface area contributed by atoms with E-state index in [1.54, 1.807) is 37.3 Å². The molecule has 0 radical (unpaired) electrons. The second kappa shape index (κ2) is 13.3. The Labute approximate surface area is 285 Å². The summed E-state index contributed by atoms with van der Waals surface area (Å²) in [6.07, 6.45) is 4.95. The summed E-state index contributed by atoms with van der Waals surface area (Å²) >= 11 is 0. The largest absolute Gasteiger partial charge is 0.461 e. The number of aryl methyl sites for hydroxylation is 1. The minimum absolute atomic E-state index is 0.0193. The van der Waals surface area contributed by atoms with Gasteiger partial charge in [0.25, 0.3) is 11.5 Å². The molecule has 0 spiro atoms. The molecule has 49 heavy (non-hydrogen) atoms. The van der Waals surface area contributed by atoms with Crippen LogP contribution in [-0.2, 0) is 47.3 Å². The van der Waals surface area contributed by atoms with Crippen molar-refractivity contribution in [2.75, 3.05) is 50.6 Å². The fourth-order valence-corrected chi connectivity index (χ4v) is 6.96. The number of ether oxygens (including phenoxy) is 2. The average molecular weight is 674 g/mol. The summed E-state index contributed by atoms with van der Waals surface area (Å²) in [6.45, 7) is 8.24. The maximum absolute atomic E-state index is 15.6. The third kappa shape index (κ3) is 6.90. The molecule has 4 heterocycles. The summed E-state index contributed by atoms with van der Waals surface area (Å²) in [4.78, 5) is 43.0. The lowest BCUT2D eigenvalue weighted by molar-refractivity contribution is -0.142. The van der Waals surface area contributed by atoms with Crippen molar-refractivity contribution < 1.29 is 23.5 Å². The molecular weight excluding hydrogens is 629 g/mol. The van der Waals surface area contributed by atoms with Crippen molar-refractivity contribution in [3.63, 3.8) is 0 Å². The summed E-state index contributed by atoms with van der Waals surface area (Å²) in [6, 6.07) is 6.41. The third-order valence-electron chi connectivity index (χ3n) is 9.59. The zero-order valence-electron chi connectivity index (χ0n) is 28.9. The van der Waals surface area contributed by atoms with Gasteiger partial charge in [0.2, 0.25) is 0 Å². The van der Waals surface area contributed by atoms with Crippen LogP contribution in [0.5, 0.6) is 0 Å². The van der Waals surface area contributed by atoms with Gasteiger partial charge in [0.15, 0.2) is 0 Å². The first kappa shape index (κ1) is 34.1. The van der Waals surface area contributed by atoms with Crippen LogP contribution < -0.4 is 21.1 Å². The molecule has 3 aliphatic rings. The molecule has 3 N–H and O–H groups in total. The van der Waals surface area contributed by atoms with Crippen LogP contribution in [0.15, 0.2) is 47.0 Å². The second-order valence-corrected chi connectivity index (χ2v) is 14.0. The SMILES string of the molecule is CN/C(=C\C(=N)Nc1cc(-c2cc(F)cc(N3CCn4c(cc5c4CC(C)(C)C5)C3=O)c2COC(C)=O)cn(C)c1=O)CN(C)C1COC1. The van der Waals surface area contributed by atoms with Crippen molar-refractivity contribution in [1.29, 1.82) is 5.41 Å². The van der Waals surface area contributed by atoms with Gasteiger partial charge in [-0.25, -0.2) is 4.39 Å². The minimum Gasteiger partial charge on any atom is -0.461 e. The van der Waals surface area contributed by atoms with Crippen LogP contribution in [0.1, 0.15) is 48.1 Å². The fraction of sp³-hybridized carbons (Fsp3) is 0.444. The number of rotatable bonds is 10. The molecule has 2 aromatic heterocycles. The highest BCUT2D eigenvalue weighted by Crippen LogP contribution is 2.41. The number of amides is 1. The van der Waals surface area contributed by atoms with E-state index >= 15 is 4.39 Å². The summed E-state index contributed by atoms with van der Waals surface area (Å²) in [7, 11) is 5.32. The number of nitrogens with zero attached hydrogens (tertiary/aromatic N) is 4. The number of amidine groups is 1. The summed E-state index contributed by atoms with van der Waals surface area (Å²) in [5.74, 6) is -1.39. The Bertz CT molecular complexity index is 1920. The maximum atomic E-state index is 15.6. The smallest absolute Gasteiger partial charge is 0.302 e. The number of benzene rings is 1. The van der Waals surface area contributed by atoms with Crippen molar-refractivity contribution in [2.45, 2.75) is 52.8 Å². The van der Waals surface area contributed by atoms with Crippen LogP contribution in [0.25, 0.3) is 11.1 Å². The number of pyridine rings is 1. The van der Waals surface area contributed by atoms with Crippen molar-refractivity contribution in [3.8, 4) is 11.1 Å². The van der Waals surface area contributed by atoms with Crippen LogP contribution in [0.3, 0.4) is 0 Å². The minimum atomic E-state index is -0.590. The number of aromatic nitrogens is 2. The van der Waals surface area contributed by atoms with E-state index in [2.05, 4.69) is 33.9 Å². The highest BCUT2D eigenvalue weighted by atomic mass is 19.1. The molecule has 0 bridgehead atoms. The molecule has 0 unspecified atom stereocenters. The Morgan fingerprint density at radius 3 is 2.61 bits per heavy atom. The third-order valence-corrected chi connectivity index (χ3v) is 9.59. The van der Waals surface area contributed by atoms with Gasteiger partial charge in [0.05, 0.1) is 24.9 Å². The van der Waals surface area contributed by atoms with E-state index < -0.39 is 17.3 Å². The lowest BCUT2D eigenvalue weighted by atomic mass is 9.90. The van der Waals surface area contributed by atoms with E-state index in [1.807, 2.05) is 13.1 Å². The molecular formula is C36H44FN7O5. The van der Waals surface area contributed by atoms with Gasteiger partial charge >= 0.3 is 5.97 Å². The standard InChI is InChI=1S/C36H44FN7O5/c1-21(45)49-20-28-27(11-24(37)12-30(28)44-8-7-43-31(35(44)47)10-22-14-36(2,3)15-32(22)43)23-9-29(34(46)42(6)16-23)40-33(38)13-25(39-4)17-41(5)26-18-48-19-26/h9-13,16,26,39H,7-8,14-15,17-20H2,1-6H3,(H2,38,40)/b25-13-. The summed E-state index contributed by atoms with van der Waals surface area (Å²) < 4.78 is 29.7. The van der Waals surface area contributed by atoms with E-state index in [0.717, 1.165) is 18.5 Å². The highest BCUT2D eigenvalue weighted by molar-refractivity contribution is 6.07. The number of fused-ring (bicyclic) bond motifs is 3. The molecule has 6 rings (SSSR count). The predicted octanol–water partition coefficient (Wildman–Crippen LogP) is 3.66. The normalized spacial score (nSPS) is 17.1. The number of likely N-dealkylation sites (N-methyl/N-ethyl adjacent to an activating group) is 2. The molecule has 1 fully saturated rings. The molecule has 2 aliphatic heterocycles. The van der Waals surface area contributed by atoms with Crippen LogP contribution in [0, 0.1) is 16.6 Å². The highest BCUT2D eigenvalue weighted by Gasteiger charge is 2.37. The Kier molecular flexibility index (Phi) is 9.25. The van der Waals surface area contributed by atoms with Gasteiger partial charge in [0.1, 0.15) is 29.6 Å². The number of anilines is 2. The molecule has 3 aromatic rings. The maximum Gasteiger partial charge on any atom is 0.302 e. The molecule has 1 aliphatic carbocycles. The van der Waals surface area contributed by atoms with E-state index in [-0.39, 0.29) is 29.5 Å². The first-order chi connectivity index (χ1) is 23.2. The van der Waals surface area contributed by atoms with Crippen LogP contribution in [-0.4, -0.2) is 78.2 Å². The first-order valence-electron chi connectivity index (χ1n) is 16.5. The quantitative estimate of drug-likeness (QED) is 0.169. The summed E-state index contributed by atoms with van der Waals surface area (Å²) in [5, 5.41) is 14.6. The lowest BCUT2D eigenvalue weighted by Gasteiger charge is -2.35. The van der Waals surface area contributed by atoms with Gasteiger partial charge in [-0.15, -0.1) is 0 Å². The average Bonchev–Trinajstić information content (AvgIpc) is 3.49. The molecule has 1 aromatic carbocycles. The van der Waals surface area contributed by atoms with Gasteiger partial charge in [-0.1, -0.05) is 13.8 Å².